The van der Waals surface area contributed by atoms with Crippen molar-refractivity contribution in [2.24, 2.45) is 5.92 Å². The average Bonchev–Trinajstić information content (AvgIpc) is 3.14. The van der Waals surface area contributed by atoms with E-state index in [0.29, 0.717) is 16.0 Å². The number of halogens is 2. The van der Waals surface area contributed by atoms with Gasteiger partial charge in [0, 0.05) is 21.8 Å². The summed E-state index contributed by atoms with van der Waals surface area (Å²) in [5, 5.41) is 14.0. The average molecular weight is 458 g/mol. The second-order valence-electron chi connectivity index (χ2n) is 8.15. The highest BCUT2D eigenvalue weighted by Crippen LogP contribution is 2.41. The molecule has 1 fully saturated rings. The summed E-state index contributed by atoms with van der Waals surface area (Å²) in [5.74, 6) is 1.12. The second-order valence-corrected chi connectivity index (χ2v) is 8.99. The van der Waals surface area contributed by atoms with Crippen molar-refractivity contribution in [2.75, 3.05) is 5.32 Å². The second kappa shape index (κ2) is 9.37. The molecule has 0 aliphatic heterocycles. The van der Waals surface area contributed by atoms with Crippen LogP contribution in [0.15, 0.2) is 52.9 Å². The first-order chi connectivity index (χ1) is 14.9. The number of anilines is 1. The summed E-state index contributed by atoms with van der Waals surface area (Å²) >= 11 is 12.5. The molecule has 0 amide bonds. The van der Waals surface area contributed by atoms with E-state index in [-0.39, 0.29) is 11.6 Å². The molecule has 0 radical (unpaired) electrons. The molecule has 2 aromatic carbocycles. The molecule has 0 spiro atoms. The lowest BCUT2D eigenvalue weighted by molar-refractivity contribution is 0.0697. The van der Waals surface area contributed by atoms with Crippen LogP contribution in [0.2, 0.25) is 10.0 Å². The number of hydrogen-bond donors (Lipinski definition) is 2. The molecule has 1 atom stereocenters. The summed E-state index contributed by atoms with van der Waals surface area (Å²) in [6.45, 7) is 1.98. The van der Waals surface area contributed by atoms with E-state index in [9.17, 15) is 9.90 Å². The third-order valence-electron chi connectivity index (χ3n) is 6.06. The van der Waals surface area contributed by atoms with Gasteiger partial charge in [-0.2, -0.15) is 0 Å². The highest BCUT2D eigenvalue weighted by molar-refractivity contribution is 6.36. The van der Waals surface area contributed by atoms with Crippen LogP contribution >= 0.6 is 23.2 Å². The van der Waals surface area contributed by atoms with Crippen LogP contribution in [-0.2, 0) is 0 Å². The van der Waals surface area contributed by atoms with E-state index in [2.05, 4.69) is 11.4 Å². The zero-order valence-corrected chi connectivity index (χ0v) is 18.8. The van der Waals surface area contributed by atoms with Crippen LogP contribution in [0.1, 0.15) is 59.8 Å². The lowest BCUT2D eigenvalue weighted by Gasteiger charge is -2.31. The number of aromatic carboxylic acids is 1. The third kappa shape index (κ3) is 4.91. The van der Waals surface area contributed by atoms with Gasteiger partial charge in [-0.1, -0.05) is 42.5 Å². The number of furan rings is 1. The number of carboxylic acid groups (broad SMARTS) is 1. The summed E-state index contributed by atoms with van der Waals surface area (Å²) in [6, 6.07) is 14.4. The van der Waals surface area contributed by atoms with Gasteiger partial charge in [-0.3, -0.25) is 0 Å². The quantitative estimate of drug-likeness (QED) is 0.393. The zero-order chi connectivity index (χ0) is 22.0. The molecular formula is C25H25Cl2NO3. The Kier molecular flexibility index (Phi) is 6.59. The Bertz CT molecular complexity index is 1070. The molecule has 0 saturated heterocycles. The van der Waals surface area contributed by atoms with Crippen LogP contribution in [0.3, 0.4) is 0 Å². The van der Waals surface area contributed by atoms with Crippen molar-refractivity contribution < 1.29 is 14.3 Å². The van der Waals surface area contributed by atoms with Crippen molar-refractivity contribution in [3.8, 4) is 11.3 Å². The van der Waals surface area contributed by atoms with E-state index in [4.69, 9.17) is 27.6 Å². The first-order valence-corrected chi connectivity index (χ1v) is 11.3. The molecule has 1 aromatic heterocycles. The van der Waals surface area contributed by atoms with Gasteiger partial charge in [0.1, 0.15) is 11.5 Å². The van der Waals surface area contributed by atoms with Crippen molar-refractivity contribution in [3.63, 3.8) is 0 Å². The Balaban J connectivity index is 1.68. The Morgan fingerprint density at radius 1 is 1.06 bits per heavy atom. The zero-order valence-electron chi connectivity index (χ0n) is 17.3. The van der Waals surface area contributed by atoms with Gasteiger partial charge in [0.05, 0.1) is 16.6 Å². The molecule has 1 heterocycles. The summed E-state index contributed by atoms with van der Waals surface area (Å²) < 4.78 is 6.14. The fourth-order valence-corrected chi connectivity index (χ4v) is 4.93. The molecule has 3 aromatic rings. The lowest BCUT2D eigenvalue weighted by atomic mass is 9.81. The topological polar surface area (TPSA) is 62.5 Å². The maximum Gasteiger partial charge on any atom is 0.335 e. The Labute approximate surface area is 192 Å². The minimum Gasteiger partial charge on any atom is -0.478 e. The highest BCUT2D eigenvalue weighted by Gasteiger charge is 2.29. The van der Waals surface area contributed by atoms with Crippen molar-refractivity contribution in [1.29, 1.82) is 0 Å². The van der Waals surface area contributed by atoms with Gasteiger partial charge < -0.3 is 14.8 Å². The van der Waals surface area contributed by atoms with Gasteiger partial charge in [0.2, 0.25) is 0 Å². The number of rotatable bonds is 6. The van der Waals surface area contributed by atoms with E-state index < -0.39 is 5.97 Å². The molecule has 0 bridgehead atoms. The molecule has 162 valence electrons. The maximum atomic E-state index is 11.2. The first-order valence-electron chi connectivity index (χ1n) is 10.6. The number of benzene rings is 2. The van der Waals surface area contributed by atoms with Gasteiger partial charge in [-0.05, 0) is 74.2 Å². The predicted molar refractivity (Wildman–Crippen MR) is 125 cm³/mol. The van der Waals surface area contributed by atoms with Crippen LogP contribution < -0.4 is 5.32 Å². The highest BCUT2D eigenvalue weighted by atomic mass is 35.5. The van der Waals surface area contributed by atoms with Crippen molar-refractivity contribution in [3.05, 3.63) is 75.5 Å². The standard InChI is InChI=1S/C25H25Cl2NO3/c1-15-21(14-23(31-15)20-12-9-18(26)13-22(20)27)24(16-5-3-2-4-6-16)28-19-10-7-17(8-11-19)25(29)30/h7-14,16,24,28H,2-6H2,1H3,(H,29,30). The van der Waals surface area contributed by atoms with Gasteiger partial charge in [0.25, 0.3) is 0 Å². The van der Waals surface area contributed by atoms with Crippen LogP contribution in [0.5, 0.6) is 0 Å². The summed E-state index contributed by atoms with van der Waals surface area (Å²) in [4.78, 5) is 11.2. The van der Waals surface area contributed by atoms with E-state index in [1.165, 1.54) is 19.3 Å². The minimum absolute atomic E-state index is 0.0690. The van der Waals surface area contributed by atoms with Crippen molar-refractivity contribution in [1.82, 2.24) is 0 Å². The largest absolute Gasteiger partial charge is 0.478 e. The number of carboxylic acids is 1. The van der Waals surface area contributed by atoms with Gasteiger partial charge >= 0.3 is 5.97 Å². The Morgan fingerprint density at radius 3 is 2.42 bits per heavy atom. The molecule has 31 heavy (non-hydrogen) atoms. The molecule has 1 saturated carbocycles. The van der Waals surface area contributed by atoms with Crippen LogP contribution in [0, 0.1) is 12.8 Å². The summed E-state index contributed by atoms with van der Waals surface area (Å²) in [7, 11) is 0. The number of carbonyl (C=O) groups is 1. The van der Waals surface area contributed by atoms with Gasteiger partial charge in [0.15, 0.2) is 0 Å². The van der Waals surface area contributed by atoms with Crippen LogP contribution in [0.25, 0.3) is 11.3 Å². The van der Waals surface area contributed by atoms with E-state index in [0.717, 1.165) is 41.2 Å². The molecule has 1 aliphatic carbocycles. The Hall–Kier alpha value is -2.43. The van der Waals surface area contributed by atoms with E-state index in [1.54, 1.807) is 24.3 Å². The molecule has 1 unspecified atom stereocenters. The van der Waals surface area contributed by atoms with Crippen molar-refractivity contribution in [2.45, 2.75) is 45.1 Å². The molecule has 6 heteroatoms. The molecule has 2 N–H and O–H groups in total. The van der Waals surface area contributed by atoms with E-state index >= 15 is 0 Å². The minimum atomic E-state index is -0.925. The normalized spacial score (nSPS) is 15.6. The fourth-order valence-electron chi connectivity index (χ4n) is 4.43. The molecule has 4 nitrogen and oxygen atoms in total. The number of aryl methyl sites for hydroxylation is 1. The Morgan fingerprint density at radius 2 is 1.77 bits per heavy atom. The summed E-state index contributed by atoms with van der Waals surface area (Å²) in [6.07, 6.45) is 5.99. The fraction of sp³-hybridized carbons (Fsp3) is 0.320. The number of nitrogens with one attached hydrogen (secondary N) is 1. The van der Waals surface area contributed by atoms with Crippen LogP contribution in [0.4, 0.5) is 5.69 Å². The van der Waals surface area contributed by atoms with E-state index in [1.807, 2.05) is 25.1 Å². The van der Waals surface area contributed by atoms with Gasteiger partial charge in [-0.25, -0.2) is 4.79 Å². The molecule has 1 aliphatic rings. The third-order valence-corrected chi connectivity index (χ3v) is 6.61. The lowest BCUT2D eigenvalue weighted by Crippen LogP contribution is -2.23. The smallest absolute Gasteiger partial charge is 0.335 e. The summed E-state index contributed by atoms with van der Waals surface area (Å²) in [5.41, 5.74) is 3.09. The molecule has 4 rings (SSSR count). The molecular weight excluding hydrogens is 433 g/mol. The SMILES string of the molecule is Cc1oc(-c2ccc(Cl)cc2Cl)cc1C(Nc1ccc(C(=O)O)cc1)C1CCCCC1. The monoisotopic (exact) mass is 457 g/mol. The first kappa shape index (κ1) is 21.8. The maximum absolute atomic E-state index is 11.2. The number of hydrogen-bond acceptors (Lipinski definition) is 3. The van der Waals surface area contributed by atoms with Gasteiger partial charge in [-0.15, -0.1) is 0 Å². The van der Waals surface area contributed by atoms with Crippen molar-refractivity contribution >= 4 is 34.9 Å². The predicted octanol–water partition coefficient (Wildman–Crippen LogP) is 7.99. The van der Waals surface area contributed by atoms with Crippen LogP contribution in [-0.4, -0.2) is 11.1 Å².